The smallest absolute Gasteiger partial charge is 0.255 e. The van der Waals surface area contributed by atoms with E-state index < -0.39 is 0 Å². The number of para-hydroxylation sites is 1. The number of aromatic nitrogens is 4. The van der Waals surface area contributed by atoms with Gasteiger partial charge in [0.05, 0.1) is 35.2 Å². The van der Waals surface area contributed by atoms with Crippen LogP contribution in [0.3, 0.4) is 0 Å². The van der Waals surface area contributed by atoms with Gasteiger partial charge >= 0.3 is 0 Å². The summed E-state index contributed by atoms with van der Waals surface area (Å²) in [4.78, 5) is 12.7. The van der Waals surface area contributed by atoms with Gasteiger partial charge in [-0.1, -0.05) is 37.5 Å². The van der Waals surface area contributed by atoms with Crippen molar-refractivity contribution in [2.75, 3.05) is 0 Å². The molecule has 2 N–H and O–H groups in total. The standard InChI is InChI=1S/C20H25N5O/c1-2-25-18-11-7-6-10-15(18)17(24-25)13-21-20(26)16-12-22-23-19(16)14-8-4-3-5-9-14/h6-7,10-12,14H,2-5,8-9,13H2,1H3,(H,21,26)(H,22,23). The number of nitrogens with zero attached hydrogens (tertiary/aromatic N) is 3. The number of carbonyl (C=O) groups is 1. The van der Waals surface area contributed by atoms with E-state index in [-0.39, 0.29) is 5.91 Å². The van der Waals surface area contributed by atoms with Gasteiger partial charge in [0, 0.05) is 17.8 Å². The average Bonchev–Trinajstić information content (AvgIpc) is 3.32. The summed E-state index contributed by atoms with van der Waals surface area (Å²) >= 11 is 0. The van der Waals surface area contributed by atoms with Crippen molar-refractivity contribution < 1.29 is 4.79 Å². The van der Waals surface area contributed by atoms with Gasteiger partial charge in [-0.05, 0) is 25.8 Å². The Morgan fingerprint density at radius 2 is 2.08 bits per heavy atom. The Bertz CT molecular complexity index is 904. The molecule has 1 amide bonds. The number of nitrogens with one attached hydrogen (secondary N) is 2. The molecule has 0 spiro atoms. The highest BCUT2D eigenvalue weighted by atomic mass is 16.1. The van der Waals surface area contributed by atoms with Crippen molar-refractivity contribution in [1.82, 2.24) is 25.3 Å². The molecule has 6 nitrogen and oxygen atoms in total. The number of amides is 1. The van der Waals surface area contributed by atoms with Gasteiger partial charge in [0.25, 0.3) is 5.91 Å². The first-order valence-corrected chi connectivity index (χ1v) is 9.53. The Balaban J connectivity index is 1.51. The zero-order chi connectivity index (χ0) is 17.9. The second-order valence-electron chi connectivity index (χ2n) is 6.99. The number of hydrogen-bond donors (Lipinski definition) is 2. The number of rotatable bonds is 5. The lowest BCUT2D eigenvalue weighted by Crippen LogP contribution is -2.24. The molecular weight excluding hydrogens is 326 g/mol. The molecule has 0 saturated heterocycles. The van der Waals surface area contributed by atoms with E-state index in [2.05, 4.69) is 39.7 Å². The normalized spacial score (nSPS) is 15.4. The van der Waals surface area contributed by atoms with Crippen LogP contribution in [0.4, 0.5) is 0 Å². The lowest BCUT2D eigenvalue weighted by Gasteiger charge is -2.21. The molecule has 2 aromatic heterocycles. The Hall–Kier alpha value is -2.63. The topological polar surface area (TPSA) is 75.6 Å². The Morgan fingerprint density at radius 1 is 1.27 bits per heavy atom. The van der Waals surface area contributed by atoms with Gasteiger partial charge in [0.2, 0.25) is 0 Å². The second kappa shape index (κ2) is 7.32. The second-order valence-corrected chi connectivity index (χ2v) is 6.99. The van der Waals surface area contributed by atoms with Crippen LogP contribution in [-0.4, -0.2) is 25.9 Å². The zero-order valence-corrected chi connectivity index (χ0v) is 15.2. The minimum atomic E-state index is -0.0746. The van der Waals surface area contributed by atoms with Crippen LogP contribution in [0.25, 0.3) is 10.9 Å². The summed E-state index contributed by atoms with van der Waals surface area (Å²) in [5.74, 6) is 0.349. The van der Waals surface area contributed by atoms with Gasteiger partial charge in [-0.15, -0.1) is 0 Å². The largest absolute Gasteiger partial charge is 0.346 e. The van der Waals surface area contributed by atoms with Crippen LogP contribution >= 0.6 is 0 Å². The third-order valence-electron chi connectivity index (χ3n) is 5.38. The predicted molar refractivity (Wildman–Crippen MR) is 101 cm³/mol. The number of aromatic amines is 1. The highest BCUT2D eigenvalue weighted by molar-refractivity contribution is 5.95. The van der Waals surface area contributed by atoms with E-state index in [1.165, 1.54) is 19.3 Å². The zero-order valence-electron chi connectivity index (χ0n) is 15.2. The number of hydrogen-bond acceptors (Lipinski definition) is 3. The molecule has 26 heavy (non-hydrogen) atoms. The van der Waals surface area contributed by atoms with Gasteiger partial charge in [0.1, 0.15) is 0 Å². The lowest BCUT2D eigenvalue weighted by molar-refractivity contribution is 0.0949. The highest BCUT2D eigenvalue weighted by Gasteiger charge is 2.23. The van der Waals surface area contributed by atoms with Crippen molar-refractivity contribution in [3.05, 3.63) is 47.4 Å². The molecule has 1 aliphatic rings. The molecular formula is C20H25N5O. The van der Waals surface area contributed by atoms with Crippen LogP contribution in [0.5, 0.6) is 0 Å². The van der Waals surface area contributed by atoms with Crippen molar-refractivity contribution in [2.45, 2.75) is 58.0 Å². The lowest BCUT2D eigenvalue weighted by atomic mass is 9.85. The number of aryl methyl sites for hydroxylation is 1. The minimum Gasteiger partial charge on any atom is -0.346 e. The van der Waals surface area contributed by atoms with Crippen LogP contribution in [0.2, 0.25) is 0 Å². The molecule has 0 aliphatic heterocycles. The SMILES string of the molecule is CCn1nc(CNC(=O)c2cn[nH]c2C2CCCCC2)c2ccccc21. The molecule has 136 valence electrons. The van der Waals surface area contributed by atoms with Gasteiger partial charge in [-0.2, -0.15) is 10.2 Å². The number of benzene rings is 1. The molecule has 1 fully saturated rings. The Labute approximate surface area is 153 Å². The number of carbonyl (C=O) groups excluding carboxylic acids is 1. The summed E-state index contributed by atoms with van der Waals surface area (Å²) in [6.07, 6.45) is 7.67. The molecule has 0 unspecified atom stereocenters. The van der Waals surface area contributed by atoms with Crippen LogP contribution in [0, 0.1) is 0 Å². The Morgan fingerprint density at radius 3 is 2.88 bits per heavy atom. The predicted octanol–water partition coefficient (Wildman–Crippen LogP) is 3.76. The van der Waals surface area contributed by atoms with E-state index in [0.717, 1.165) is 41.7 Å². The summed E-state index contributed by atoms with van der Waals surface area (Å²) < 4.78 is 1.97. The van der Waals surface area contributed by atoms with Crippen molar-refractivity contribution in [3.63, 3.8) is 0 Å². The van der Waals surface area contributed by atoms with E-state index in [0.29, 0.717) is 18.0 Å². The minimum absolute atomic E-state index is 0.0746. The summed E-state index contributed by atoms with van der Waals surface area (Å²) in [7, 11) is 0. The van der Waals surface area contributed by atoms with Crippen molar-refractivity contribution in [1.29, 1.82) is 0 Å². The van der Waals surface area contributed by atoms with E-state index in [4.69, 9.17) is 0 Å². The third kappa shape index (κ3) is 3.11. The fourth-order valence-corrected chi connectivity index (χ4v) is 4.01. The van der Waals surface area contributed by atoms with E-state index in [1.54, 1.807) is 6.20 Å². The maximum absolute atomic E-state index is 12.7. The quantitative estimate of drug-likeness (QED) is 0.735. The van der Waals surface area contributed by atoms with Crippen LogP contribution in [0.15, 0.2) is 30.5 Å². The first-order chi connectivity index (χ1) is 12.8. The van der Waals surface area contributed by atoms with Gasteiger partial charge in [-0.25, -0.2) is 0 Å². The van der Waals surface area contributed by atoms with Crippen LogP contribution in [-0.2, 0) is 13.1 Å². The highest BCUT2D eigenvalue weighted by Crippen LogP contribution is 2.33. The molecule has 3 aromatic rings. The van der Waals surface area contributed by atoms with E-state index in [9.17, 15) is 4.79 Å². The van der Waals surface area contributed by atoms with Crippen molar-refractivity contribution in [2.24, 2.45) is 0 Å². The molecule has 0 radical (unpaired) electrons. The third-order valence-corrected chi connectivity index (χ3v) is 5.38. The molecule has 0 atom stereocenters. The van der Waals surface area contributed by atoms with Gasteiger partial charge in [-0.3, -0.25) is 14.6 Å². The van der Waals surface area contributed by atoms with Crippen molar-refractivity contribution in [3.8, 4) is 0 Å². The molecule has 0 bridgehead atoms. The molecule has 1 saturated carbocycles. The van der Waals surface area contributed by atoms with Gasteiger partial charge in [0.15, 0.2) is 0 Å². The molecule has 1 aliphatic carbocycles. The first kappa shape index (κ1) is 16.8. The van der Waals surface area contributed by atoms with Crippen molar-refractivity contribution >= 4 is 16.8 Å². The Kier molecular flexibility index (Phi) is 4.73. The van der Waals surface area contributed by atoms with Crippen LogP contribution in [0.1, 0.15) is 66.7 Å². The summed E-state index contributed by atoms with van der Waals surface area (Å²) in [6, 6.07) is 8.14. The van der Waals surface area contributed by atoms with Gasteiger partial charge < -0.3 is 5.32 Å². The number of H-pyrrole nitrogens is 1. The average molecular weight is 351 g/mol. The summed E-state index contributed by atoms with van der Waals surface area (Å²) in [5, 5.41) is 16.0. The molecule has 2 heterocycles. The first-order valence-electron chi connectivity index (χ1n) is 9.53. The summed E-state index contributed by atoms with van der Waals surface area (Å²) in [5.41, 5.74) is 3.67. The fraction of sp³-hybridized carbons (Fsp3) is 0.450. The fourth-order valence-electron chi connectivity index (χ4n) is 4.01. The van der Waals surface area contributed by atoms with E-state index in [1.807, 2.05) is 16.8 Å². The monoisotopic (exact) mass is 351 g/mol. The molecule has 1 aromatic carbocycles. The van der Waals surface area contributed by atoms with E-state index >= 15 is 0 Å². The molecule has 6 heteroatoms. The van der Waals surface area contributed by atoms with Crippen LogP contribution < -0.4 is 5.32 Å². The maximum Gasteiger partial charge on any atom is 0.255 e. The maximum atomic E-state index is 12.7. The molecule has 4 rings (SSSR count). The summed E-state index contributed by atoms with van der Waals surface area (Å²) in [6.45, 7) is 3.30. The number of fused-ring (bicyclic) bond motifs is 1.